The second-order valence-electron chi connectivity index (χ2n) is 7.41. The van der Waals surface area contributed by atoms with Crippen LogP contribution < -0.4 is 19.7 Å². The SMILES string of the molecule is COc1cc(C(=O)Nc2ccc(N3CCCC3=O)c(F)c2)ccc1OCc1ccccc1. The summed E-state index contributed by atoms with van der Waals surface area (Å²) in [5.74, 6) is -0.133. The van der Waals surface area contributed by atoms with Crippen molar-refractivity contribution in [3.8, 4) is 11.5 Å². The molecule has 1 saturated heterocycles. The van der Waals surface area contributed by atoms with Gasteiger partial charge in [0.1, 0.15) is 12.4 Å². The molecule has 7 heteroatoms. The Bertz CT molecular complexity index is 1130. The van der Waals surface area contributed by atoms with E-state index in [1.54, 1.807) is 24.3 Å². The molecule has 32 heavy (non-hydrogen) atoms. The zero-order valence-electron chi connectivity index (χ0n) is 17.6. The number of carbonyl (C=O) groups excluding carboxylic acids is 2. The molecule has 0 aliphatic carbocycles. The van der Waals surface area contributed by atoms with Gasteiger partial charge < -0.3 is 19.7 Å². The van der Waals surface area contributed by atoms with Gasteiger partial charge in [0, 0.05) is 24.2 Å². The molecule has 0 aromatic heterocycles. The number of methoxy groups -OCH3 is 1. The summed E-state index contributed by atoms with van der Waals surface area (Å²) in [6.07, 6.45) is 1.13. The van der Waals surface area contributed by atoms with Gasteiger partial charge in [-0.2, -0.15) is 0 Å². The minimum Gasteiger partial charge on any atom is -0.493 e. The largest absolute Gasteiger partial charge is 0.493 e. The van der Waals surface area contributed by atoms with Crippen molar-refractivity contribution in [2.45, 2.75) is 19.4 Å². The fraction of sp³-hybridized carbons (Fsp3) is 0.200. The van der Waals surface area contributed by atoms with Crippen molar-refractivity contribution < 1.29 is 23.5 Å². The van der Waals surface area contributed by atoms with Gasteiger partial charge in [-0.1, -0.05) is 30.3 Å². The van der Waals surface area contributed by atoms with Gasteiger partial charge in [0.05, 0.1) is 12.8 Å². The minimum absolute atomic E-state index is 0.0950. The maximum atomic E-state index is 14.5. The lowest BCUT2D eigenvalue weighted by Crippen LogP contribution is -2.24. The van der Waals surface area contributed by atoms with Gasteiger partial charge in [0.15, 0.2) is 11.5 Å². The third-order valence-electron chi connectivity index (χ3n) is 5.23. The lowest BCUT2D eigenvalue weighted by Gasteiger charge is -2.17. The van der Waals surface area contributed by atoms with Gasteiger partial charge in [0.2, 0.25) is 5.91 Å². The average molecular weight is 434 g/mol. The molecule has 1 aliphatic heterocycles. The Hall–Kier alpha value is -3.87. The Morgan fingerprint density at radius 1 is 1.06 bits per heavy atom. The zero-order chi connectivity index (χ0) is 22.5. The Kier molecular flexibility index (Phi) is 6.35. The van der Waals surface area contributed by atoms with E-state index >= 15 is 0 Å². The molecule has 0 spiro atoms. The highest BCUT2D eigenvalue weighted by Crippen LogP contribution is 2.30. The van der Waals surface area contributed by atoms with Crippen LogP contribution in [0.2, 0.25) is 0 Å². The Labute approximate surface area is 185 Å². The van der Waals surface area contributed by atoms with Crippen LogP contribution in [0.3, 0.4) is 0 Å². The predicted octanol–water partition coefficient (Wildman–Crippen LogP) is 4.79. The monoisotopic (exact) mass is 434 g/mol. The summed E-state index contributed by atoms with van der Waals surface area (Å²) in [4.78, 5) is 26.0. The number of hydrogen-bond acceptors (Lipinski definition) is 4. The highest BCUT2D eigenvalue weighted by Gasteiger charge is 2.24. The van der Waals surface area contributed by atoms with Crippen LogP contribution in [0.25, 0.3) is 0 Å². The summed E-state index contributed by atoms with van der Waals surface area (Å²) in [7, 11) is 1.50. The molecule has 164 valence electrons. The van der Waals surface area contributed by atoms with Crippen molar-refractivity contribution in [3.05, 3.63) is 83.7 Å². The molecule has 0 atom stereocenters. The Morgan fingerprint density at radius 3 is 2.56 bits per heavy atom. The number of amides is 2. The van der Waals surface area contributed by atoms with Crippen molar-refractivity contribution in [2.75, 3.05) is 23.9 Å². The van der Waals surface area contributed by atoms with Crippen LogP contribution >= 0.6 is 0 Å². The first kappa shape index (κ1) is 21.4. The number of ether oxygens (including phenoxy) is 2. The molecule has 0 bridgehead atoms. The van der Waals surface area contributed by atoms with Gasteiger partial charge in [-0.15, -0.1) is 0 Å². The van der Waals surface area contributed by atoms with Crippen molar-refractivity contribution in [1.82, 2.24) is 0 Å². The summed E-state index contributed by atoms with van der Waals surface area (Å²) in [5.41, 5.74) is 1.88. The van der Waals surface area contributed by atoms with Gasteiger partial charge in [0.25, 0.3) is 5.91 Å². The maximum absolute atomic E-state index is 14.5. The molecule has 3 aromatic rings. The second kappa shape index (κ2) is 9.51. The fourth-order valence-electron chi connectivity index (χ4n) is 3.57. The number of halogens is 1. The first-order valence-corrected chi connectivity index (χ1v) is 10.3. The normalized spacial score (nSPS) is 13.2. The summed E-state index contributed by atoms with van der Waals surface area (Å²) >= 11 is 0. The van der Waals surface area contributed by atoms with Gasteiger partial charge in [-0.05, 0) is 48.4 Å². The highest BCUT2D eigenvalue weighted by molar-refractivity contribution is 6.05. The van der Waals surface area contributed by atoms with Crippen molar-refractivity contribution in [2.24, 2.45) is 0 Å². The molecule has 2 amide bonds. The van der Waals surface area contributed by atoms with Gasteiger partial charge in [-0.25, -0.2) is 4.39 Å². The van der Waals surface area contributed by atoms with E-state index in [2.05, 4.69) is 5.32 Å². The molecular formula is C25H23FN2O4. The van der Waals surface area contributed by atoms with E-state index in [9.17, 15) is 14.0 Å². The van der Waals surface area contributed by atoms with Crippen LogP contribution in [0.1, 0.15) is 28.8 Å². The van der Waals surface area contributed by atoms with E-state index in [0.29, 0.717) is 48.7 Å². The van der Waals surface area contributed by atoms with Gasteiger partial charge in [-0.3, -0.25) is 9.59 Å². The maximum Gasteiger partial charge on any atom is 0.255 e. The number of nitrogens with zero attached hydrogens (tertiary/aromatic N) is 1. The van der Waals surface area contributed by atoms with E-state index in [1.807, 2.05) is 30.3 Å². The average Bonchev–Trinajstić information content (AvgIpc) is 3.23. The molecule has 0 unspecified atom stereocenters. The third-order valence-corrected chi connectivity index (χ3v) is 5.23. The fourth-order valence-corrected chi connectivity index (χ4v) is 3.57. The number of benzene rings is 3. The molecule has 1 heterocycles. The van der Waals surface area contributed by atoms with E-state index in [-0.39, 0.29) is 11.6 Å². The molecule has 0 saturated carbocycles. The van der Waals surface area contributed by atoms with Gasteiger partial charge >= 0.3 is 0 Å². The molecule has 4 rings (SSSR count). The summed E-state index contributed by atoms with van der Waals surface area (Å²) in [6.45, 7) is 0.869. The topological polar surface area (TPSA) is 67.9 Å². The lowest BCUT2D eigenvalue weighted by molar-refractivity contribution is -0.117. The number of rotatable bonds is 7. The van der Waals surface area contributed by atoms with Crippen LogP contribution in [0.5, 0.6) is 11.5 Å². The molecule has 1 aliphatic rings. The molecule has 6 nitrogen and oxygen atoms in total. The smallest absolute Gasteiger partial charge is 0.255 e. The van der Waals surface area contributed by atoms with Crippen LogP contribution in [0, 0.1) is 5.82 Å². The standard InChI is InChI=1S/C25H23FN2O4/c1-31-23-14-18(9-12-22(23)32-16-17-6-3-2-4-7-17)25(30)27-19-10-11-21(20(26)15-19)28-13-5-8-24(28)29/h2-4,6-7,9-12,14-15H,5,8,13,16H2,1H3,(H,27,30). The van der Waals surface area contributed by atoms with E-state index in [1.165, 1.54) is 24.1 Å². The van der Waals surface area contributed by atoms with Crippen molar-refractivity contribution in [3.63, 3.8) is 0 Å². The summed E-state index contributed by atoms with van der Waals surface area (Å²) < 4.78 is 25.7. The Morgan fingerprint density at radius 2 is 1.88 bits per heavy atom. The van der Waals surface area contributed by atoms with Crippen molar-refractivity contribution >= 4 is 23.2 Å². The molecule has 3 aromatic carbocycles. The van der Waals surface area contributed by atoms with Crippen LogP contribution in [0.15, 0.2) is 66.7 Å². The van der Waals surface area contributed by atoms with Crippen LogP contribution in [0.4, 0.5) is 15.8 Å². The Balaban J connectivity index is 1.45. The molecule has 0 radical (unpaired) electrons. The predicted molar refractivity (Wildman–Crippen MR) is 120 cm³/mol. The first-order valence-electron chi connectivity index (χ1n) is 10.3. The number of hydrogen-bond donors (Lipinski definition) is 1. The quantitative estimate of drug-likeness (QED) is 0.581. The highest BCUT2D eigenvalue weighted by atomic mass is 19.1. The van der Waals surface area contributed by atoms with E-state index in [4.69, 9.17) is 9.47 Å². The summed E-state index contributed by atoms with van der Waals surface area (Å²) in [5, 5.41) is 2.68. The van der Waals surface area contributed by atoms with E-state index in [0.717, 1.165) is 5.56 Å². The minimum atomic E-state index is -0.555. The molecule has 1 fully saturated rings. The summed E-state index contributed by atoms with van der Waals surface area (Å²) in [6, 6.07) is 18.9. The lowest BCUT2D eigenvalue weighted by atomic mass is 10.1. The number of anilines is 2. The first-order chi connectivity index (χ1) is 15.5. The third kappa shape index (κ3) is 4.72. The van der Waals surface area contributed by atoms with Crippen LogP contribution in [-0.2, 0) is 11.4 Å². The number of carbonyl (C=O) groups is 2. The van der Waals surface area contributed by atoms with E-state index < -0.39 is 11.7 Å². The molecule has 1 N–H and O–H groups in total. The number of nitrogens with one attached hydrogen (secondary N) is 1. The molecular weight excluding hydrogens is 411 g/mol. The van der Waals surface area contributed by atoms with Crippen molar-refractivity contribution in [1.29, 1.82) is 0 Å². The second-order valence-corrected chi connectivity index (χ2v) is 7.41. The van der Waals surface area contributed by atoms with Crippen LogP contribution in [-0.4, -0.2) is 25.5 Å². The zero-order valence-corrected chi connectivity index (χ0v) is 17.6.